The molecule has 0 unspecified atom stereocenters. The van der Waals surface area contributed by atoms with Crippen molar-refractivity contribution in [2.45, 2.75) is 13.5 Å². The molecule has 3 aromatic rings. The molecule has 6 heteroatoms. The number of rotatable bonds is 4. The number of benzene rings is 1. The summed E-state index contributed by atoms with van der Waals surface area (Å²) >= 11 is 0. The van der Waals surface area contributed by atoms with Crippen molar-refractivity contribution in [3.8, 4) is 5.75 Å². The minimum Gasteiger partial charge on any atom is -0.497 e. The second kappa shape index (κ2) is 6.31. The van der Waals surface area contributed by atoms with Crippen LogP contribution in [0.15, 0.2) is 36.7 Å². The molecule has 0 N–H and O–H groups in total. The fourth-order valence-corrected chi connectivity index (χ4v) is 2.69. The molecule has 1 aromatic carbocycles. The maximum atomic E-state index is 12.8. The van der Waals surface area contributed by atoms with Crippen LogP contribution in [0.4, 0.5) is 0 Å². The summed E-state index contributed by atoms with van der Waals surface area (Å²) in [4.78, 5) is 19.0. The predicted octanol–water partition coefficient (Wildman–Crippen LogP) is 2.56. The molecule has 3 rings (SSSR count). The number of fused-ring (bicyclic) bond motifs is 1. The van der Waals surface area contributed by atoms with E-state index in [4.69, 9.17) is 4.74 Å². The van der Waals surface area contributed by atoms with Crippen LogP contribution in [0.1, 0.15) is 21.6 Å². The Kier molecular flexibility index (Phi) is 4.20. The van der Waals surface area contributed by atoms with Gasteiger partial charge in [-0.25, -0.2) is 0 Å². The molecule has 0 spiro atoms. The highest BCUT2D eigenvalue weighted by molar-refractivity contribution is 5.98. The Labute approximate surface area is 140 Å². The molecule has 2 heterocycles. The Morgan fingerprint density at radius 3 is 2.79 bits per heavy atom. The van der Waals surface area contributed by atoms with Gasteiger partial charge < -0.3 is 9.64 Å². The number of hydrogen-bond acceptors (Lipinski definition) is 4. The van der Waals surface area contributed by atoms with Crippen molar-refractivity contribution in [3.05, 3.63) is 53.5 Å². The third-order valence-corrected chi connectivity index (χ3v) is 3.97. The summed E-state index contributed by atoms with van der Waals surface area (Å²) in [5, 5.41) is 5.05. The van der Waals surface area contributed by atoms with Gasteiger partial charge in [-0.2, -0.15) is 5.10 Å². The smallest absolute Gasteiger partial charge is 0.255 e. The number of amides is 1. The lowest BCUT2D eigenvalue weighted by molar-refractivity contribution is 0.0784. The first-order chi connectivity index (χ1) is 11.5. The van der Waals surface area contributed by atoms with Crippen molar-refractivity contribution in [1.29, 1.82) is 0 Å². The highest BCUT2D eigenvalue weighted by Gasteiger charge is 2.17. The van der Waals surface area contributed by atoms with Gasteiger partial charge in [0.2, 0.25) is 0 Å². The number of carbonyl (C=O) groups excluding carboxylic acids is 1. The van der Waals surface area contributed by atoms with Crippen molar-refractivity contribution >= 4 is 16.8 Å². The Morgan fingerprint density at radius 2 is 2.12 bits per heavy atom. The number of hydrogen-bond donors (Lipinski definition) is 0. The molecule has 0 atom stereocenters. The van der Waals surface area contributed by atoms with Crippen LogP contribution in [0, 0.1) is 6.92 Å². The molecular formula is C18H20N4O2. The Bertz CT molecular complexity index is 901. The van der Waals surface area contributed by atoms with E-state index in [1.807, 2.05) is 44.4 Å². The minimum absolute atomic E-state index is 0.0541. The van der Waals surface area contributed by atoms with Crippen molar-refractivity contribution in [3.63, 3.8) is 0 Å². The molecule has 0 saturated carbocycles. The van der Waals surface area contributed by atoms with E-state index in [0.29, 0.717) is 17.8 Å². The van der Waals surface area contributed by atoms with Crippen molar-refractivity contribution in [1.82, 2.24) is 19.7 Å². The third-order valence-electron chi connectivity index (χ3n) is 3.97. The lowest BCUT2D eigenvalue weighted by Gasteiger charge is -2.17. The van der Waals surface area contributed by atoms with Gasteiger partial charge in [0, 0.05) is 43.9 Å². The lowest BCUT2D eigenvalue weighted by atomic mass is 10.1. The summed E-state index contributed by atoms with van der Waals surface area (Å²) in [5.41, 5.74) is 3.13. The number of aromatic nitrogens is 3. The van der Waals surface area contributed by atoms with Crippen LogP contribution in [0.3, 0.4) is 0 Å². The van der Waals surface area contributed by atoms with Gasteiger partial charge in [0.1, 0.15) is 5.75 Å². The van der Waals surface area contributed by atoms with Crippen LogP contribution >= 0.6 is 0 Å². The van der Waals surface area contributed by atoms with Crippen molar-refractivity contribution in [2.24, 2.45) is 7.05 Å². The number of carbonyl (C=O) groups is 1. The van der Waals surface area contributed by atoms with Gasteiger partial charge >= 0.3 is 0 Å². The highest BCUT2D eigenvalue weighted by Crippen LogP contribution is 2.22. The van der Waals surface area contributed by atoms with Gasteiger partial charge in [-0.15, -0.1) is 0 Å². The lowest BCUT2D eigenvalue weighted by Crippen LogP contribution is -2.27. The summed E-state index contributed by atoms with van der Waals surface area (Å²) in [6.07, 6.45) is 3.67. The van der Waals surface area contributed by atoms with Gasteiger partial charge in [0.15, 0.2) is 0 Å². The van der Waals surface area contributed by atoms with E-state index in [1.54, 1.807) is 29.9 Å². The Morgan fingerprint density at radius 1 is 1.33 bits per heavy atom. The number of methoxy groups -OCH3 is 1. The van der Waals surface area contributed by atoms with Crippen LogP contribution in [0.25, 0.3) is 10.9 Å². The molecule has 124 valence electrons. The standard InChI is InChI=1S/C18H20N4O2/c1-12-16(7-14-5-6-15(24-4)8-17(14)20-12)18(23)21(2)10-13-9-19-22(3)11-13/h5-9,11H,10H2,1-4H3. The summed E-state index contributed by atoms with van der Waals surface area (Å²) in [7, 11) is 5.27. The quantitative estimate of drug-likeness (QED) is 0.740. The first-order valence-electron chi connectivity index (χ1n) is 7.66. The van der Waals surface area contributed by atoms with Crippen LogP contribution in [-0.2, 0) is 13.6 Å². The summed E-state index contributed by atoms with van der Waals surface area (Å²) in [6.45, 7) is 2.36. The zero-order valence-corrected chi connectivity index (χ0v) is 14.3. The van der Waals surface area contributed by atoms with Gasteiger partial charge in [-0.1, -0.05) is 0 Å². The van der Waals surface area contributed by atoms with Gasteiger partial charge in [-0.05, 0) is 25.1 Å². The zero-order chi connectivity index (χ0) is 17.3. The summed E-state index contributed by atoms with van der Waals surface area (Å²) in [6, 6.07) is 7.54. The van der Waals surface area contributed by atoms with E-state index in [-0.39, 0.29) is 5.91 Å². The first kappa shape index (κ1) is 16.0. The monoisotopic (exact) mass is 324 g/mol. The fourth-order valence-electron chi connectivity index (χ4n) is 2.69. The van der Waals surface area contributed by atoms with Crippen LogP contribution in [-0.4, -0.2) is 39.7 Å². The average molecular weight is 324 g/mol. The fraction of sp³-hybridized carbons (Fsp3) is 0.278. The molecule has 0 saturated heterocycles. The SMILES string of the molecule is COc1ccc2cc(C(=O)N(C)Cc3cnn(C)c3)c(C)nc2c1. The topological polar surface area (TPSA) is 60.2 Å². The molecule has 0 fully saturated rings. The van der Waals surface area contributed by atoms with E-state index < -0.39 is 0 Å². The molecule has 0 radical (unpaired) electrons. The summed E-state index contributed by atoms with van der Waals surface area (Å²) < 4.78 is 6.95. The van der Waals surface area contributed by atoms with Gasteiger partial charge in [-0.3, -0.25) is 14.5 Å². The van der Waals surface area contributed by atoms with E-state index in [2.05, 4.69) is 10.1 Å². The van der Waals surface area contributed by atoms with E-state index in [1.165, 1.54) is 0 Å². The second-order valence-electron chi connectivity index (χ2n) is 5.86. The first-order valence-corrected chi connectivity index (χ1v) is 7.66. The molecule has 6 nitrogen and oxygen atoms in total. The molecule has 2 aromatic heterocycles. The molecule has 24 heavy (non-hydrogen) atoms. The second-order valence-corrected chi connectivity index (χ2v) is 5.86. The maximum Gasteiger partial charge on any atom is 0.255 e. The molecule has 0 aliphatic rings. The number of nitrogens with zero attached hydrogens (tertiary/aromatic N) is 4. The normalized spacial score (nSPS) is 10.8. The molecule has 0 bridgehead atoms. The van der Waals surface area contributed by atoms with Crippen molar-refractivity contribution < 1.29 is 9.53 Å². The average Bonchev–Trinajstić information content (AvgIpc) is 2.97. The maximum absolute atomic E-state index is 12.8. The molecular weight excluding hydrogens is 304 g/mol. The largest absolute Gasteiger partial charge is 0.497 e. The summed E-state index contributed by atoms with van der Waals surface area (Å²) in [5.74, 6) is 0.698. The molecule has 0 aliphatic heterocycles. The van der Waals surface area contributed by atoms with Gasteiger partial charge in [0.05, 0.1) is 30.1 Å². The number of aryl methyl sites for hydroxylation is 2. The van der Waals surface area contributed by atoms with E-state index in [0.717, 1.165) is 22.2 Å². The van der Waals surface area contributed by atoms with Crippen LogP contribution < -0.4 is 4.74 Å². The van der Waals surface area contributed by atoms with Crippen LogP contribution in [0.5, 0.6) is 5.75 Å². The predicted molar refractivity (Wildman–Crippen MR) is 92.0 cm³/mol. The minimum atomic E-state index is -0.0541. The third kappa shape index (κ3) is 3.08. The zero-order valence-electron chi connectivity index (χ0n) is 14.3. The van der Waals surface area contributed by atoms with Crippen molar-refractivity contribution in [2.75, 3.05) is 14.2 Å². The highest BCUT2D eigenvalue weighted by atomic mass is 16.5. The number of pyridine rings is 1. The van der Waals surface area contributed by atoms with E-state index in [9.17, 15) is 4.79 Å². The van der Waals surface area contributed by atoms with E-state index >= 15 is 0 Å². The molecule has 0 aliphatic carbocycles. The Balaban J connectivity index is 1.89. The van der Waals surface area contributed by atoms with Crippen LogP contribution in [0.2, 0.25) is 0 Å². The number of ether oxygens (including phenoxy) is 1. The van der Waals surface area contributed by atoms with Gasteiger partial charge in [0.25, 0.3) is 5.91 Å². The molecule has 1 amide bonds. The Hall–Kier alpha value is -2.89.